The molecule has 9 heavy (non-hydrogen) atoms. The summed E-state index contributed by atoms with van der Waals surface area (Å²) in [5, 5.41) is 8.68. The van der Waals surface area contributed by atoms with Gasteiger partial charge in [-0.1, -0.05) is 0 Å². The zero-order chi connectivity index (χ0) is 6.69. The van der Waals surface area contributed by atoms with Crippen LogP contribution in [0.2, 0.25) is 0 Å². The van der Waals surface area contributed by atoms with Gasteiger partial charge in [-0.3, -0.25) is 0 Å². The average Bonchev–Trinajstić information content (AvgIpc) is 1.90. The highest BCUT2D eigenvalue weighted by molar-refractivity contribution is 7.39. The fourth-order valence-electron chi connectivity index (χ4n) is 0.421. The molecule has 48 valence electrons. The van der Waals surface area contributed by atoms with Crippen LogP contribution in [0.4, 0.5) is 0 Å². The van der Waals surface area contributed by atoms with Gasteiger partial charge in [-0.2, -0.15) is 0 Å². The second-order valence-corrected chi connectivity index (χ2v) is 2.41. The molecule has 0 spiro atoms. The molecule has 1 rings (SSSR count). The van der Waals surface area contributed by atoms with E-state index in [0.29, 0.717) is 5.31 Å². The van der Waals surface area contributed by atoms with Crippen molar-refractivity contribution in [3.8, 4) is 0 Å². The van der Waals surface area contributed by atoms with Crippen molar-refractivity contribution in [3.63, 3.8) is 0 Å². The minimum Gasteiger partial charge on any atom is -0.480 e. The maximum Gasteiger partial charge on any atom is 0.339 e. The second-order valence-electron chi connectivity index (χ2n) is 1.43. The van der Waals surface area contributed by atoms with E-state index in [4.69, 9.17) is 9.63 Å². The smallest absolute Gasteiger partial charge is 0.339 e. The van der Waals surface area contributed by atoms with Crippen LogP contribution in [-0.2, 0) is 9.32 Å². The third-order valence-corrected chi connectivity index (χ3v) is 1.66. The van der Waals surface area contributed by atoms with Gasteiger partial charge in [0, 0.05) is 0 Å². The van der Waals surface area contributed by atoms with Crippen LogP contribution in [0.5, 0.6) is 0 Å². The Kier molecular flexibility index (Phi) is 1.85. The van der Waals surface area contributed by atoms with Crippen molar-refractivity contribution in [2.75, 3.05) is 0 Å². The van der Waals surface area contributed by atoms with Crippen LogP contribution < -0.4 is 0 Å². The average molecular weight is 144 g/mol. The van der Waals surface area contributed by atoms with Gasteiger partial charge in [-0.15, -0.1) is 0 Å². The molecule has 0 aromatic rings. The highest BCUT2D eigenvalue weighted by Gasteiger charge is 2.07. The van der Waals surface area contributed by atoms with Crippen LogP contribution >= 0.6 is 8.81 Å². The summed E-state index contributed by atoms with van der Waals surface area (Å²) >= 11 is 0. The molecule has 3 nitrogen and oxygen atoms in total. The van der Waals surface area contributed by atoms with Crippen LogP contribution in [0, 0.1) is 0 Å². The Labute approximate surface area is 53.9 Å². The molecule has 0 aromatic carbocycles. The Hall–Kier alpha value is -0.820. The van der Waals surface area contributed by atoms with Crippen LogP contribution in [0.15, 0.2) is 23.7 Å². The Morgan fingerprint density at radius 2 is 2.56 bits per heavy atom. The molecule has 0 aromatic heterocycles. The zero-order valence-corrected chi connectivity index (χ0v) is 5.50. The van der Waals surface area contributed by atoms with E-state index in [9.17, 15) is 4.79 Å². The lowest BCUT2D eigenvalue weighted by molar-refractivity contribution is -0.131. The Bertz CT molecular complexity index is 183. The molecule has 0 aliphatic carbocycles. The first-order valence-corrected chi connectivity index (χ1v) is 3.23. The highest BCUT2D eigenvalue weighted by Crippen LogP contribution is 2.27. The second kappa shape index (κ2) is 2.65. The standard InChI is InChI=1S/C5H5O3P/c6-5(7)4-2-1-3-8-9-4/h1-3,9H,(H,6,7). The first-order chi connectivity index (χ1) is 4.30. The predicted molar refractivity (Wildman–Crippen MR) is 34.3 cm³/mol. The van der Waals surface area contributed by atoms with E-state index in [1.807, 2.05) is 0 Å². The summed E-state index contributed by atoms with van der Waals surface area (Å²) in [7, 11) is -0.0521. The van der Waals surface area contributed by atoms with Gasteiger partial charge in [-0.05, 0) is 12.2 Å². The number of carbonyl (C=O) groups is 1. The van der Waals surface area contributed by atoms with Crippen LogP contribution in [0.1, 0.15) is 0 Å². The van der Waals surface area contributed by atoms with Gasteiger partial charge in [-0.25, -0.2) is 4.79 Å². The Morgan fingerprint density at radius 1 is 1.78 bits per heavy atom. The minimum absolute atomic E-state index is 0.0521. The summed E-state index contributed by atoms with van der Waals surface area (Å²) in [4.78, 5) is 10.2. The summed E-state index contributed by atoms with van der Waals surface area (Å²) in [6.45, 7) is 0. The molecule has 0 bridgehead atoms. The summed E-state index contributed by atoms with van der Waals surface area (Å²) < 4.78 is 4.74. The SMILES string of the molecule is O=C(O)C1=CC=COP1. The molecular weight excluding hydrogens is 139 g/mol. The van der Waals surface area contributed by atoms with E-state index in [-0.39, 0.29) is 8.81 Å². The topological polar surface area (TPSA) is 46.5 Å². The van der Waals surface area contributed by atoms with Crippen LogP contribution in [0.3, 0.4) is 0 Å². The first kappa shape index (κ1) is 6.30. The maximum atomic E-state index is 10.2. The third-order valence-electron chi connectivity index (χ3n) is 0.809. The predicted octanol–water partition coefficient (Wildman–Crippen LogP) is 1.09. The molecule has 0 saturated heterocycles. The molecule has 1 N–H and O–H groups in total. The third kappa shape index (κ3) is 1.54. The van der Waals surface area contributed by atoms with E-state index < -0.39 is 5.97 Å². The summed E-state index contributed by atoms with van der Waals surface area (Å²) in [5.74, 6) is -0.905. The van der Waals surface area contributed by atoms with Crippen molar-refractivity contribution < 1.29 is 14.4 Å². The van der Waals surface area contributed by atoms with Gasteiger partial charge in [0.05, 0.1) is 11.6 Å². The summed E-state index contributed by atoms with van der Waals surface area (Å²) in [6, 6.07) is 0. The van der Waals surface area contributed by atoms with Gasteiger partial charge in [0.15, 0.2) is 0 Å². The van der Waals surface area contributed by atoms with E-state index >= 15 is 0 Å². The molecule has 0 amide bonds. The van der Waals surface area contributed by atoms with Crippen molar-refractivity contribution in [2.24, 2.45) is 0 Å². The van der Waals surface area contributed by atoms with E-state index in [0.717, 1.165) is 0 Å². The van der Waals surface area contributed by atoms with Crippen molar-refractivity contribution in [1.82, 2.24) is 0 Å². The number of carboxylic acid groups (broad SMARTS) is 1. The number of carboxylic acids is 1. The normalized spacial score (nSPS) is 18.9. The molecule has 1 unspecified atom stereocenters. The molecule has 1 aliphatic heterocycles. The number of aliphatic carboxylic acids is 1. The monoisotopic (exact) mass is 144 g/mol. The largest absolute Gasteiger partial charge is 0.480 e. The lowest BCUT2D eigenvalue weighted by atomic mass is 10.5. The minimum atomic E-state index is -0.905. The fraction of sp³-hybridized carbons (Fsp3) is 0. The van der Waals surface area contributed by atoms with E-state index in [1.165, 1.54) is 12.3 Å². The molecule has 4 heteroatoms. The van der Waals surface area contributed by atoms with Crippen molar-refractivity contribution >= 4 is 14.8 Å². The molecule has 0 fully saturated rings. The van der Waals surface area contributed by atoms with Crippen LogP contribution in [0.25, 0.3) is 0 Å². The Balaban J connectivity index is 2.68. The van der Waals surface area contributed by atoms with Crippen molar-refractivity contribution in [3.05, 3.63) is 23.7 Å². The van der Waals surface area contributed by atoms with Gasteiger partial charge in [0.2, 0.25) is 0 Å². The number of allylic oxidation sites excluding steroid dienone is 2. The quantitative estimate of drug-likeness (QED) is 0.560. The summed E-state index contributed by atoms with van der Waals surface area (Å²) in [6.07, 6.45) is 4.58. The fourth-order valence-corrected chi connectivity index (χ4v) is 0.946. The van der Waals surface area contributed by atoms with Gasteiger partial charge < -0.3 is 9.63 Å². The van der Waals surface area contributed by atoms with E-state index in [2.05, 4.69) is 0 Å². The molecule has 0 saturated carbocycles. The van der Waals surface area contributed by atoms with Gasteiger partial charge in [0.25, 0.3) is 0 Å². The zero-order valence-electron chi connectivity index (χ0n) is 4.50. The Morgan fingerprint density at radius 3 is 2.89 bits per heavy atom. The van der Waals surface area contributed by atoms with Gasteiger partial charge in [0.1, 0.15) is 8.81 Å². The lowest BCUT2D eigenvalue weighted by Crippen LogP contribution is -1.96. The molecular formula is C5H5O3P. The molecule has 1 aliphatic rings. The van der Waals surface area contributed by atoms with E-state index in [1.54, 1.807) is 6.08 Å². The number of rotatable bonds is 1. The van der Waals surface area contributed by atoms with Crippen LogP contribution in [-0.4, -0.2) is 11.1 Å². The van der Waals surface area contributed by atoms with Gasteiger partial charge >= 0.3 is 5.97 Å². The molecule has 1 atom stereocenters. The number of hydrogen-bond acceptors (Lipinski definition) is 2. The molecule has 0 radical (unpaired) electrons. The maximum absolute atomic E-state index is 10.2. The van der Waals surface area contributed by atoms with Crippen molar-refractivity contribution in [2.45, 2.75) is 0 Å². The summed E-state index contributed by atoms with van der Waals surface area (Å²) in [5.41, 5.74) is 0. The lowest BCUT2D eigenvalue weighted by Gasteiger charge is -2.03. The number of hydrogen-bond donors (Lipinski definition) is 1. The highest BCUT2D eigenvalue weighted by atomic mass is 31.1. The first-order valence-electron chi connectivity index (χ1n) is 2.32. The van der Waals surface area contributed by atoms with Crippen molar-refractivity contribution in [1.29, 1.82) is 0 Å². The molecule has 1 heterocycles.